The van der Waals surface area contributed by atoms with Crippen LogP contribution in [0.3, 0.4) is 0 Å². The second-order valence-corrected chi connectivity index (χ2v) is 7.52. The van der Waals surface area contributed by atoms with Gasteiger partial charge in [0.15, 0.2) is 29.8 Å². The summed E-state index contributed by atoms with van der Waals surface area (Å²) in [5, 5.41) is 8.38. The summed E-state index contributed by atoms with van der Waals surface area (Å²) in [5.41, 5.74) is 1.17. The van der Waals surface area contributed by atoms with Crippen LogP contribution in [0.4, 0.5) is 32.2 Å². The van der Waals surface area contributed by atoms with Crippen molar-refractivity contribution in [1.82, 2.24) is 15.3 Å². The first-order chi connectivity index (χ1) is 18.9. The van der Waals surface area contributed by atoms with Crippen molar-refractivity contribution < 1.29 is 33.0 Å². The number of rotatable bonds is 5. The third kappa shape index (κ3) is 7.83. The van der Waals surface area contributed by atoms with Crippen molar-refractivity contribution in [2.45, 2.75) is 13.8 Å². The Balaban J connectivity index is 0.000000243. The number of carbonyl (C=O) groups excluding carboxylic acids is 3. The number of aromatic nitrogens is 2. The van der Waals surface area contributed by atoms with Gasteiger partial charge in [-0.3, -0.25) is 14.5 Å². The van der Waals surface area contributed by atoms with E-state index in [1.54, 1.807) is 26.4 Å². The zero-order valence-corrected chi connectivity index (χ0v) is 23.4. The van der Waals surface area contributed by atoms with Crippen molar-refractivity contribution in [1.29, 1.82) is 0 Å². The third-order valence-corrected chi connectivity index (χ3v) is 5.18. The number of halogens is 1. The topological polar surface area (TPSA) is 147 Å². The largest absolute Gasteiger partial charge is 0.487 e. The highest BCUT2D eigenvalue weighted by Gasteiger charge is 2.28. The number of hydrogen-bond donors (Lipinski definition) is 4. The number of anilines is 4. The second kappa shape index (κ2) is 15.5. The van der Waals surface area contributed by atoms with Gasteiger partial charge in [-0.05, 0) is 25.4 Å². The molecule has 0 aliphatic carbocycles. The Morgan fingerprint density at radius 2 is 1.95 bits per heavy atom. The first-order valence-electron chi connectivity index (χ1n) is 12.2. The molecular weight excluding hydrogens is 533 g/mol. The number of nitrogens with one attached hydrogen (secondary N) is 3. The molecule has 3 aliphatic heterocycles. The van der Waals surface area contributed by atoms with Crippen molar-refractivity contribution in [2.75, 3.05) is 80.2 Å². The Bertz CT molecular complexity index is 1160. The van der Waals surface area contributed by atoms with Gasteiger partial charge in [0.1, 0.15) is 18.9 Å². The second-order valence-electron chi connectivity index (χ2n) is 7.52. The predicted octanol–water partition coefficient (Wildman–Crippen LogP) is 2.15. The highest BCUT2D eigenvalue weighted by molar-refractivity contribution is 7.79. The molecule has 13 nitrogen and oxygen atoms in total. The molecular formula is C24H34FN7O6S. The molecule has 5 rings (SSSR count). The highest BCUT2D eigenvalue weighted by atomic mass is 32.1. The van der Waals surface area contributed by atoms with Gasteiger partial charge in [0.05, 0.1) is 25.0 Å². The molecule has 2 aromatic rings. The lowest BCUT2D eigenvalue weighted by atomic mass is 10.1. The number of likely N-dealkylation sites (N-methyl/N-ethyl adjacent to an activating group) is 2. The monoisotopic (exact) mass is 567 g/mol. The Hall–Kier alpha value is -3.85. The van der Waals surface area contributed by atoms with Crippen molar-refractivity contribution in [3.8, 4) is 11.6 Å². The van der Waals surface area contributed by atoms with Gasteiger partial charge < -0.3 is 35.1 Å². The molecule has 39 heavy (non-hydrogen) atoms. The number of fused-ring (bicyclic) bond motifs is 2. The maximum atomic E-state index is 13.8. The normalized spacial score (nSPS) is 14.8. The third-order valence-electron chi connectivity index (χ3n) is 5.18. The van der Waals surface area contributed by atoms with Gasteiger partial charge in [-0.15, -0.1) is 0 Å². The van der Waals surface area contributed by atoms with E-state index < -0.39 is 11.9 Å². The van der Waals surface area contributed by atoms with E-state index >= 15 is 0 Å². The molecule has 1 aromatic heterocycles. The summed E-state index contributed by atoms with van der Waals surface area (Å²) >= 11 is 3.53. The van der Waals surface area contributed by atoms with Crippen LogP contribution in [0, 0.1) is 5.82 Å². The van der Waals surface area contributed by atoms with E-state index in [2.05, 4.69) is 38.5 Å². The van der Waals surface area contributed by atoms with E-state index in [0.29, 0.717) is 43.5 Å². The van der Waals surface area contributed by atoms with Crippen LogP contribution in [0.15, 0.2) is 18.3 Å². The molecule has 0 bridgehead atoms. The molecule has 214 valence electrons. The maximum Gasteiger partial charge on any atom is 0.415 e. The van der Waals surface area contributed by atoms with Crippen LogP contribution in [0.2, 0.25) is 0 Å². The summed E-state index contributed by atoms with van der Waals surface area (Å²) in [4.78, 5) is 44.9. The molecule has 3 amide bonds. The van der Waals surface area contributed by atoms with Crippen LogP contribution in [-0.2, 0) is 14.3 Å². The van der Waals surface area contributed by atoms with Gasteiger partial charge in [0, 0.05) is 13.6 Å². The van der Waals surface area contributed by atoms with Gasteiger partial charge in [0.25, 0.3) is 11.8 Å². The fourth-order valence-electron chi connectivity index (χ4n) is 3.42. The summed E-state index contributed by atoms with van der Waals surface area (Å²) in [5.74, 6) is 0.0370. The molecule has 4 heterocycles. The Kier molecular flexibility index (Phi) is 12.5. The molecule has 0 unspecified atom stereocenters. The summed E-state index contributed by atoms with van der Waals surface area (Å²) in [6.45, 7) is 5.82. The smallest absolute Gasteiger partial charge is 0.415 e. The Morgan fingerprint density at radius 1 is 1.21 bits per heavy atom. The lowest BCUT2D eigenvalue weighted by molar-refractivity contribution is -0.119. The zero-order chi connectivity index (χ0) is 28.9. The summed E-state index contributed by atoms with van der Waals surface area (Å²) in [6, 6.07) is 2.95. The number of amides is 3. The van der Waals surface area contributed by atoms with Gasteiger partial charge in [-0.25, -0.2) is 19.2 Å². The average Bonchev–Trinajstić information content (AvgIpc) is 3.40. The first-order valence-corrected chi connectivity index (χ1v) is 13.1. The Labute approximate surface area is 231 Å². The van der Waals surface area contributed by atoms with Crippen molar-refractivity contribution in [3.63, 3.8) is 0 Å². The van der Waals surface area contributed by atoms with Gasteiger partial charge in [-0.2, -0.15) is 12.6 Å². The molecule has 0 spiro atoms. The summed E-state index contributed by atoms with van der Waals surface area (Å²) in [7, 11) is 3.41. The molecule has 1 fully saturated rings. The van der Waals surface area contributed by atoms with Crippen LogP contribution in [0.25, 0.3) is 0 Å². The number of hydrogen-bond acceptors (Lipinski definition) is 11. The van der Waals surface area contributed by atoms with Crippen LogP contribution in [0.5, 0.6) is 11.6 Å². The van der Waals surface area contributed by atoms with Crippen LogP contribution < -0.4 is 35.2 Å². The van der Waals surface area contributed by atoms with E-state index in [0.717, 1.165) is 0 Å². The van der Waals surface area contributed by atoms with Crippen molar-refractivity contribution in [2.24, 2.45) is 0 Å². The van der Waals surface area contributed by atoms with Crippen LogP contribution in [0.1, 0.15) is 13.8 Å². The minimum Gasteiger partial charge on any atom is -0.487 e. The minimum absolute atomic E-state index is 0.0766. The molecule has 1 saturated heterocycles. The number of benzene rings is 1. The molecule has 0 radical (unpaired) electrons. The predicted molar refractivity (Wildman–Crippen MR) is 149 cm³/mol. The van der Waals surface area contributed by atoms with Gasteiger partial charge in [0.2, 0.25) is 5.91 Å². The van der Waals surface area contributed by atoms with Gasteiger partial charge >= 0.3 is 6.09 Å². The summed E-state index contributed by atoms with van der Waals surface area (Å²) < 4.78 is 29.1. The number of thiol groups is 1. The fourth-order valence-corrected chi connectivity index (χ4v) is 3.42. The summed E-state index contributed by atoms with van der Waals surface area (Å²) in [6.07, 6.45) is 2.63. The Morgan fingerprint density at radius 3 is 2.62 bits per heavy atom. The lowest BCUT2D eigenvalue weighted by Crippen LogP contribution is -2.37. The van der Waals surface area contributed by atoms with Crippen molar-refractivity contribution >= 4 is 53.5 Å². The number of carbonyl (C=O) groups is 3. The first kappa shape index (κ1) is 31.4. The maximum absolute atomic E-state index is 13.8. The van der Waals surface area contributed by atoms with Gasteiger partial charge in [-0.1, -0.05) is 13.8 Å². The highest BCUT2D eigenvalue weighted by Crippen LogP contribution is 2.39. The number of nitrogens with zero attached hydrogens (tertiary/aromatic N) is 4. The van der Waals surface area contributed by atoms with Crippen LogP contribution >= 0.6 is 12.6 Å². The standard InChI is InChI=1S/C12H16FN3O2.C9H8N4O4.C2H6.CH4S/c1-14-5-6-18-12-8(13)3-4-9-11(12)16(2)10(17)7-15-9;14-6-4-17-8-7(12-6)11-5(3-10-8)13-1-2-16-9(13)15;2*1-2/h3-4,14-15H,5-7H2,1-2H3;3H,1-2,4H2,(H,11,12,14);1-2H3;2H,1H3. The van der Waals surface area contributed by atoms with E-state index in [9.17, 15) is 18.8 Å². The number of cyclic esters (lactones) is 1. The number of ether oxygens (including phenoxy) is 3. The van der Waals surface area contributed by atoms with Crippen molar-refractivity contribution in [3.05, 3.63) is 24.1 Å². The van der Waals surface area contributed by atoms with E-state index in [-0.39, 0.29) is 42.4 Å². The minimum atomic E-state index is -0.470. The molecule has 0 atom stereocenters. The molecule has 1 aromatic carbocycles. The van der Waals surface area contributed by atoms with E-state index in [1.165, 1.54) is 22.1 Å². The molecule has 15 heteroatoms. The lowest BCUT2D eigenvalue weighted by Gasteiger charge is -2.28. The van der Waals surface area contributed by atoms with E-state index in [1.807, 2.05) is 13.8 Å². The fraction of sp³-hybridized carbons (Fsp3) is 0.458. The average molecular weight is 568 g/mol. The molecule has 3 N–H and O–H groups in total. The quantitative estimate of drug-likeness (QED) is 0.313. The van der Waals surface area contributed by atoms with Crippen LogP contribution in [-0.4, -0.2) is 87.7 Å². The molecule has 3 aliphatic rings. The van der Waals surface area contributed by atoms with E-state index in [4.69, 9.17) is 14.2 Å². The molecule has 0 saturated carbocycles. The SMILES string of the molecule is CC.CNCCOc1c(F)ccc2c1N(C)C(=O)CN2.CS.O=C1COc2ncc(N3CCOC3=O)nc2N1. The zero-order valence-electron chi connectivity index (χ0n) is 22.5.